The third-order valence-corrected chi connectivity index (χ3v) is 9.27. The number of piperidine rings is 1. The minimum atomic E-state index is -3.33. The number of nitrogens with zero attached hydrogens (tertiary/aromatic N) is 5. The summed E-state index contributed by atoms with van der Waals surface area (Å²) in [4.78, 5) is 24.6. The first kappa shape index (κ1) is 29.2. The maximum Gasteiger partial charge on any atom is 0.278 e. The van der Waals surface area contributed by atoms with Crippen LogP contribution < -0.4 is 16.2 Å². The van der Waals surface area contributed by atoms with Crippen molar-refractivity contribution in [2.24, 2.45) is 5.92 Å². The first-order valence-corrected chi connectivity index (χ1v) is 15.0. The molecular formula is C32H36F3N7O. The van der Waals surface area contributed by atoms with Crippen LogP contribution in [0.2, 0.25) is 0 Å². The number of nitriles is 1. The van der Waals surface area contributed by atoms with Crippen molar-refractivity contribution >= 4 is 16.9 Å². The van der Waals surface area contributed by atoms with Gasteiger partial charge in [0, 0.05) is 42.4 Å². The average molecular weight is 592 g/mol. The molecule has 4 aliphatic rings. The molecule has 3 aliphatic heterocycles. The number of nitrogens with one attached hydrogen (secondary N) is 2. The normalized spacial score (nSPS) is 25.3. The molecular weight excluding hydrogens is 555 g/mol. The lowest BCUT2D eigenvalue weighted by Gasteiger charge is -2.36. The van der Waals surface area contributed by atoms with Crippen molar-refractivity contribution in [3.63, 3.8) is 0 Å². The lowest BCUT2D eigenvalue weighted by atomic mass is 9.85. The Hall–Kier alpha value is -3.91. The Morgan fingerprint density at radius 1 is 1.12 bits per heavy atom. The fourth-order valence-corrected chi connectivity index (χ4v) is 6.50. The van der Waals surface area contributed by atoms with Crippen LogP contribution in [0, 0.1) is 23.1 Å². The summed E-state index contributed by atoms with van der Waals surface area (Å²) in [5.41, 5.74) is 0.0150. The van der Waals surface area contributed by atoms with Gasteiger partial charge in [-0.3, -0.25) is 14.3 Å². The SMILES string of the molecule is C=C1CN2CCC(CC2)C(F)(F)c2cccc(c2F)[C@@H](C)Nc2ncnc3c2cc(C2(C#N)CC2)c(=O)n3CCCCN1. The molecule has 1 aliphatic carbocycles. The van der Waals surface area contributed by atoms with Gasteiger partial charge in [0.1, 0.15) is 23.6 Å². The Labute approximate surface area is 248 Å². The largest absolute Gasteiger partial charge is 0.388 e. The molecule has 2 fully saturated rings. The number of halogens is 3. The van der Waals surface area contributed by atoms with Crippen molar-refractivity contribution in [3.05, 3.63) is 75.7 Å². The Kier molecular flexibility index (Phi) is 7.67. The summed E-state index contributed by atoms with van der Waals surface area (Å²) in [7, 11) is 0. The van der Waals surface area contributed by atoms with E-state index >= 15 is 13.2 Å². The van der Waals surface area contributed by atoms with Crippen LogP contribution >= 0.6 is 0 Å². The number of hydrogen-bond acceptors (Lipinski definition) is 7. The van der Waals surface area contributed by atoms with Gasteiger partial charge in [0.25, 0.3) is 11.5 Å². The minimum absolute atomic E-state index is 0.0962. The molecule has 1 saturated heterocycles. The van der Waals surface area contributed by atoms with E-state index < -0.39 is 34.7 Å². The highest BCUT2D eigenvalue weighted by Crippen LogP contribution is 2.47. The minimum Gasteiger partial charge on any atom is -0.388 e. The average Bonchev–Trinajstić information content (AvgIpc) is 3.79. The maximum atomic E-state index is 15.9. The maximum absolute atomic E-state index is 15.9. The molecule has 5 heterocycles. The van der Waals surface area contributed by atoms with Crippen LogP contribution in [0.3, 0.4) is 0 Å². The van der Waals surface area contributed by atoms with E-state index in [1.165, 1.54) is 24.5 Å². The van der Waals surface area contributed by atoms with E-state index in [9.17, 15) is 10.1 Å². The fraction of sp³-hybridized carbons (Fsp3) is 0.500. The highest BCUT2D eigenvalue weighted by molar-refractivity contribution is 5.87. The highest BCUT2D eigenvalue weighted by atomic mass is 19.3. The molecule has 0 unspecified atom stereocenters. The molecule has 0 spiro atoms. The summed E-state index contributed by atoms with van der Waals surface area (Å²) in [6, 6.07) is 7.42. The Balaban J connectivity index is 1.44. The van der Waals surface area contributed by atoms with Crippen molar-refractivity contribution < 1.29 is 13.2 Å². The van der Waals surface area contributed by atoms with Crippen molar-refractivity contribution in [2.45, 2.75) is 69.4 Å². The second kappa shape index (κ2) is 11.3. The van der Waals surface area contributed by atoms with Crippen LogP contribution in [-0.4, -0.2) is 45.6 Å². The van der Waals surface area contributed by atoms with Gasteiger partial charge >= 0.3 is 0 Å². The number of hydrogen-bond donors (Lipinski definition) is 2. The lowest BCUT2D eigenvalue weighted by Crippen LogP contribution is -2.41. The molecule has 1 atom stereocenters. The number of pyridine rings is 1. The Morgan fingerprint density at radius 2 is 1.88 bits per heavy atom. The summed E-state index contributed by atoms with van der Waals surface area (Å²) < 4.78 is 49.2. The summed E-state index contributed by atoms with van der Waals surface area (Å²) in [6.07, 6.45) is 4.47. The lowest BCUT2D eigenvalue weighted by molar-refractivity contribution is -0.0874. The van der Waals surface area contributed by atoms with Gasteiger partial charge in [0.05, 0.1) is 28.5 Å². The number of aromatic nitrogens is 3. The number of anilines is 1. The van der Waals surface area contributed by atoms with Gasteiger partial charge in [-0.25, -0.2) is 23.1 Å². The third-order valence-electron chi connectivity index (χ3n) is 9.27. The fourth-order valence-electron chi connectivity index (χ4n) is 6.50. The number of fused-ring (bicyclic) bond motifs is 9. The number of benzene rings is 1. The second-order valence-electron chi connectivity index (χ2n) is 12.2. The number of rotatable bonds is 1. The van der Waals surface area contributed by atoms with Crippen LogP contribution in [0.1, 0.15) is 68.2 Å². The summed E-state index contributed by atoms with van der Waals surface area (Å²) in [5.74, 6) is -4.89. The molecule has 11 heteroatoms. The van der Waals surface area contributed by atoms with Gasteiger partial charge in [0.2, 0.25) is 0 Å². The quantitative estimate of drug-likeness (QED) is 0.393. The molecule has 1 aromatic carbocycles. The van der Waals surface area contributed by atoms with Crippen LogP contribution in [-0.2, 0) is 17.9 Å². The summed E-state index contributed by atoms with van der Waals surface area (Å²) in [6.45, 7) is 8.36. The molecule has 1 saturated carbocycles. The monoisotopic (exact) mass is 591 g/mol. The van der Waals surface area contributed by atoms with E-state index in [-0.39, 0.29) is 24.0 Å². The van der Waals surface area contributed by atoms with Crippen LogP contribution in [0.25, 0.3) is 11.0 Å². The van der Waals surface area contributed by atoms with Crippen LogP contribution in [0.5, 0.6) is 0 Å². The molecule has 0 amide bonds. The zero-order valence-electron chi connectivity index (χ0n) is 24.3. The molecule has 8 nitrogen and oxygen atoms in total. The Morgan fingerprint density at radius 3 is 2.60 bits per heavy atom. The zero-order valence-corrected chi connectivity index (χ0v) is 24.3. The van der Waals surface area contributed by atoms with Gasteiger partial charge in [-0.1, -0.05) is 24.8 Å². The van der Waals surface area contributed by atoms with Crippen LogP contribution in [0.15, 0.2) is 47.7 Å². The molecule has 7 rings (SSSR count). The predicted molar refractivity (Wildman–Crippen MR) is 158 cm³/mol. The van der Waals surface area contributed by atoms with Gasteiger partial charge < -0.3 is 10.6 Å². The van der Waals surface area contributed by atoms with Crippen molar-refractivity contribution in [1.82, 2.24) is 24.8 Å². The molecule has 2 aromatic heterocycles. The van der Waals surface area contributed by atoms with E-state index in [0.717, 1.165) is 12.1 Å². The van der Waals surface area contributed by atoms with Crippen LogP contribution in [0.4, 0.5) is 19.0 Å². The molecule has 43 heavy (non-hydrogen) atoms. The van der Waals surface area contributed by atoms with E-state index in [2.05, 4.69) is 38.1 Å². The standard InChI is InChI=1S/C32H36F3N7O/c1-20-17-41-14-8-22(9-15-41)32(34,35)25-7-5-6-23(27(25)33)21(2)40-28-24-16-26(31(18-36)10-11-31)30(43)42(13-4-3-12-37-20)29(24)39-19-38-28/h5-7,16,19,21-22,37H,1,3-4,8-15,17H2,2H3,(H,38,39,40)/t21-/m1/s1. The van der Waals surface area contributed by atoms with E-state index in [4.69, 9.17) is 0 Å². The summed E-state index contributed by atoms with van der Waals surface area (Å²) >= 11 is 0. The van der Waals surface area contributed by atoms with E-state index in [1.807, 2.05) is 0 Å². The van der Waals surface area contributed by atoms with Crippen molar-refractivity contribution in [1.29, 1.82) is 5.26 Å². The van der Waals surface area contributed by atoms with Gasteiger partial charge in [-0.2, -0.15) is 5.26 Å². The molecule has 226 valence electrons. The number of aryl methyl sites for hydroxylation is 1. The number of alkyl halides is 2. The van der Waals surface area contributed by atoms with E-state index in [1.54, 1.807) is 17.6 Å². The zero-order chi connectivity index (χ0) is 30.4. The van der Waals surface area contributed by atoms with Gasteiger partial charge in [0.15, 0.2) is 0 Å². The first-order chi connectivity index (χ1) is 20.6. The predicted octanol–water partition coefficient (Wildman–Crippen LogP) is 5.36. The van der Waals surface area contributed by atoms with Gasteiger partial charge in [-0.05, 0) is 64.6 Å². The smallest absolute Gasteiger partial charge is 0.278 e. The third kappa shape index (κ3) is 5.37. The first-order valence-electron chi connectivity index (χ1n) is 15.0. The van der Waals surface area contributed by atoms with Crippen molar-refractivity contribution in [2.75, 3.05) is 31.5 Å². The molecule has 2 N–H and O–H groups in total. The Bertz CT molecular complexity index is 1650. The molecule has 3 aromatic rings. The van der Waals surface area contributed by atoms with Gasteiger partial charge in [-0.15, -0.1) is 0 Å². The topological polar surface area (TPSA) is 98.9 Å². The van der Waals surface area contributed by atoms with E-state index in [0.29, 0.717) is 74.4 Å². The second-order valence-corrected chi connectivity index (χ2v) is 12.2. The molecule has 0 radical (unpaired) electrons. The van der Waals surface area contributed by atoms with Crippen molar-refractivity contribution in [3.8, 4) is 6.07 Å². The summed E-state index contributed by atoms with van der Waals surface area (Å²) in [5, 5.41) is 17.0. The highest BCUT2D eigenvalue weighted by Gasteiger charge is 2.48. The molecule has 8 bridgehead atoms.